The number of fused-ring (bicyclic) bond motifs is 1. The molecule has 1 aromatic heterocycles. The van der Waals surface area contributed by atoms with E-state index >= 15 is 0 Å². The highest BCUT2D eigenvalue weighted by atomic mass is 16.6. The van der Waals surface area contributed by atoms with Crippen LogP contribution < -0.4 is 14.8 Å². The normalized spacial score (nSPS) is 12.8. The van der Waals surface area contributed by atoms with E-state index in [4.69, 9.17) is 14.2 Å². The molecule has 0 radical (unpaired) electrons. The molecule has 0 aliphatic rings. The third-order valence-electron chi connectivity index (χ3n) is 3.72. The fourth-order valence-electron chi connectivity index (χ4n) is 2.68. The molecule has 7 heteroatoms. The van der Waals surface area contributed by atoms with Crippen LogP contribution in [0.2, 0.25) is 0 Å². The predicted molar refractivity (Wildman–Crippen MR) is 96.3 cm³/mol. The van der Waals surface area contributed by atoms with E-state index in [-0.39, 0.29) is 6.04 Å². The fourth-order valence-corrected chi connectivity index (χ4v) is 2.68. The van der Waals surface area contributed by atoms with Gasteiger partial charge in [-0.3, -0.25) is 0 Å². The average Bonchev–Trinajstić information content (AvgIpc) is 2.88. The first kappa shape index (κ1) is 18.9. The van der Waals surface area contributed by atoms with Gasteiger partial charge in [0, 0.05) is 18.7 Å². The highest BCUT2D eigenvalue weighted by Crippen LogP contribution is 2.33. The molecule has 25 heavy (non-hydrogen) atoms. The highest BCUT2D eigenvalue weighted by molar-refractivity contribution is 5.81. The zero-order chi connectivity index (χ0) is 18.8. The van der Waals surface area contributed by atoms with Gasteiger partial charge < -0.3 is 24.1 Å². The van der Waals surface area contributed by atoms with Crippen LogP contribution >= 0.6 is 0 Å². The minimum atomic E-state index is -0.546. The van der Waals surface area contributed by atoms with E-state index in [1.54, 1.807) is 14.2 Å². The van der Waals surface area contributed by atoms with Crippen molar-refractivity contribution in [3.8, 4) is 11.5 Å². The van der Waals surface area contributed by atoms with Gasteiger partial charge in [0.15, 0.2) is 11.5 Å². The summed E-state index contributed by atoms with van der Waals surface area (Å²) >= 11 is 0. The summed E-state index contributed by atoms with van der Waals surface area (Å²) < 4.78 is 18.1. The van der Waals surface area contributed by atoms with Gasteiger partial charge in [-0.25, -0.2) is 9.78 Å². The summed E-state index contributed by atoms with van der Waals surface area (Å²) in [5.41, 5.74) is 1.16. The minimum Gasteiger partial charge on any atom is -0.493 e. The highest BCUT2D eigenvalue weighted by Gasteiger charge is 2.22. The van der Waals surface area contributed by atoms with E-state index in [1.165, 1.54) is 0 Å². The maximum Gasteiger partial charge on any atom is 0.408 e. The number of imidazole rings is 1. The quantitative estimate of drug-likeness (QED) is 0.891. The molecule has 0 saturated carbocycles. The number of methoxy groups -OCH3 is 2. The van der Waals surface area contributed by atoms with E-state index in [0.29, 0.717) is 18.0 Å². The Hall–Kier alpha value is -2.44. The zero-order valence-corrected chi connectivity index (χ0v) is 16.0. The summed E-state index contributed by atoms with van der Waals surface area (Å²) in [7, 11) is 3.19. The summed E-state index contributed by atoms with van der Waals surface area (Å²) in [5.74, 6) is 2.01. The first-order chi connectivity index (χ1) is 11.7. The minimum absolute atomic E-state index is 0.306. The van der Waals surface area contributed by atoms with Crippen LogP contribution in [0.5, 0.6) is 11.5 Å². The molecule has 1 atom stereocenters. The van der Waals surface area contributed by atoms with Gasteiger partial charge in [-0.05, 0) is 34.6 Å². The fraction of sp³-hybridized carbons (Fsp3) is 0.556. The van der Waals surface area contributed by atoms with E-state index in [0.717, 1.165) is 16.9 Å². The molecule has 1 aromatic carbocycles. The summed E-state index contributed by atoms with van der Waals surface area (Å²) in [6, 6.07) is 3.43. The summed E-state index contributed by atoms with van der Waals surface area (Å²) in [6.07, 6.45) is -0.468. The number of nitrogens with zero attached hydrogens (tertiary/aromatic N) is 2. The number of carbonyl (C=O) groups excluding carboxylic acids is 1. The molecule has 2 aromatic rings. The molecule has 1 unspecified atom stereocenters. The molecule has 0 saturated heterocycles. The molecule has 138 valence electrons. The van der Waals surface area contributed by atoms with Gasteiger partial charge in [-0.2, -0.15) is 0 Å². The standard InChI is InChI=1S/C18H27N3O4/c1-8-21-13-10-15(24-7)14(23-6)9-12(13)20-16(21)11(2)19-17(22)25-18(3,4)5/h9-11H,8H2,1-7H3,(H,19,22). The second-order valence-electron chi connectivity index (χ2n) is 6.78. The molecule has 0 bridgehead atoms. The second-order valence-corrected chi connectivity index (χ2v) is 6.78. The Morgan fingerprint density at radius 2 is 1.84 bits per heavy atom. The second kappa shape index (κ2) is 7.21. The van der Waals surface area contributed by atoms with Crippen molar-refractivity contribution in [2.45, 2.75) is 52.8 Å². The van der Waals surface area contributed by atoms with Crippen LogP contribution in [0.1, 0.15) is 46.5 Å². The maximum absolute atomic E-state index is 12.0. The van der Waals surface area contributed by atoms with Gasteiger partial charge in [0.1, 0.15) is 11.4 Å². The molecule has 1 heterocycles. The Bertz CT molecular complexity index is 762. The predicted octanol–water partition coefficient (Wildman–Crippen LogP) is 3.66. The van der Waals surface area contributed by atoms with E-state index in [2.05, 4.69) is 10.3 Å². The van der Waals surface area contributed by atoms with Crippen LogP contribution in [0.25, 0.3) is 11.0 Å². The first-order valence-corrected chi connectivity index (χ1v) is 8.31. The van der Waals surface area contributed by atoms with Crippen molar-refractivity contribution >= 4 is 17.1 Å². The molecule has 2 rings (SSSR count). The average molecular weight is 349 g/mol. The number of carbonyl (C=O) groups is 1. The summed E-state index contributed by atoms with van der Waals surface area (Å²) in [6.45, 7) is 10.1. The Kier molecular flexibility index (Phi) is 5.45. The van der Waals surface area contributed by atoms with Crippen molar-refractivity contribution < 1.29 is 19.0 Å². The van der Waals surface area contributed by atoms with Gasteiger partial charge in [0.25, 0.3) is 0 Å². The summed E-state index contributed by atoms with van der Waals surface area (Å²) in [5, 5.41) is 2.84. The third-order valence-corrected chi connectivity index (χ3v) is 3.72. The monoisotopic (exact) mass is 349 g/mol. The molecule has 0 spiro atoms. The number of hydrogen-bond donors (Lipinski definition) is 1. The SMILES string of the molecule is CCn1c(C(C)NC(=O)OC(C)(C)C)nc2cc(OC)c(OC)cc21. The van der Waals surface area contributed by atoms with Crippen LogP contribution in [0, 0.1) is 0 Å². The topological polar surface area (TPSA) is 74.6 Å². The number of benzene rings is 1. The van der Waals surface area contributed by atoms with E-state index < -0.39 is 11.7 Å². The number of alkyl carbamates (subject to hydrolysis) is 1. The van der Waals surface area contributed by atoms with Crippen molar-refractivity contribution in [2.24, 2.45) is 0 Å². The van der Waals surface area contributed by atoms with Crippen molar-refractivity contribution in [3.05, 3.63) is 18.0 Å². The molecule has 1 amide bonds. The lowest BCUT2D eigenvalue weighted by Gasteiger charge is -2.22. The molecule has 7 nitrogen and oxygen atoms in total. The lowest BCUT2D eigenvalue weighted by Crippen LogP contribution is -2.34. The lowest BCUT2D eigenvalue weighted by molar-refractivity contribution is 0.0505. The van der Waals surface area contributed by atoms with Crippen molar-refractivity contribution in [3.63, 3.8) is 0 Å². The molecule has 0 fully saturated rings. The summed E-state index contributed by atoms with van der Waals surface area (Å²) in [4.78, 5) is 16.7. The molecule has 1 N–H and O–H groups in total. The smallest absolute Gasteiger partial charge is 0.408 e. The van der Waals surface area contributed by atoms with Crippen LogP contribution in [0.15, 0.2) is 12.1 Å². The zero-order valence-electron chi connectivity index (χ0n) is 16.0. The number of rotatable bonds is 5. The van der Waals surface area contributed by atoms with Gasteiger partial charge in [-0.15, -0.1) is 0 Å². The van der Waals surface area contributed by atoms with E-state index in [1.807, 2.05) is 51.3 Å². The van der Waals surface area contributed by atoms with Crippen molar-refractivity contribution in [1.82, 2.24) is 14.9 Å². The van der Waals surface area contributed by atoms with Crippen LogP contribution in [0.3, 0.4) is 0 Å². The van der Waals surface area contributed by atoms with Gasteiger partial charge in [0.05, 0.1) is 31.3 Å². The Morgan fingerprint density at radius 3 is 2.36 bits per heavy atom. The Labute approximate surface area is 148 Å². The Morgan fingerprint density at radius 1 is 1.24 bits per heavy atom. The first-order valence-electron chi connectivity index (χ1n) is 8.31. The molecule has 0 aliphatic heterocycles. The largest absolute Gasteiger partial charge is 0.493 e. The van der Waals surface area contributed by atoms with Gasteiger partial charge in [0.2, 0.25) is 0 Å². The number of hydrogen-bond acceptors (Lipinski definition) is 5. The molecular weight excluding hydrogens is 322 g/mol. The van der Waals surface area contributed by atoms with Crippen molar-refractivity contribution in [1.29, 1.82) is 0 Å². The van der Waals surface area contributed by atoms with E-state index in [9.17, 15) is 4.79 Å². The van der Waals surface area contributed by atoms with Crippen LogP contribution in [0.4, 0.5) is 4.79 Å². The number of ether oxygens (including phenoxy) is 3. The number of amides is 1. The lowest BCUT2D eigenvalue weighted by atomic mass is 10.2. The number of aryl methyl sites for hydroxylation is 1. The number of aromatic nitrogens is 2. The van der Waals surface area contributed by atoms with Gasteiger partial charge >= 0.3 is 6.09 Å². The molecule has 0 aliphatic carbocycles. The Balaban J connectivity index is 2.38. The van der Waals surface area contributed by atoms with Crippen molar-refractivity contribution in [2.75, 3.05) is 14.2 Å². The van der Waals surface area contributed by atoms with Crippen LogP contribution in [-0.2, 0) is 11.3 Å². The van der Waals surface area contributed by atoms with Gasteiger partial charge in [-0.1, -0.05) is 0 Å². The van der Waals surface area contributed by atoms with Crippen LogP contribution in [-0.4, -0.2) is 35.5 Å². The number of nitrogens with one attached hydrogen (secondary N) is 1. The maximum atomic E-state index is 12.0. The molecular formula is C18H27N3O4. The third kappa shape index (κ3) is 4.15.